The van der Waals surface area contributed by atoms with Crippen molar-refractivity contribution < 1.29 is 23.8 Å². The molecule has 0 bridgehead atoms. The number of rotatable bonds is 5. The van der Waals surface area contributed by atoms with Crippen molar-refractivity contribution in [2.24, 2.45) is 0 Å². The molecule has 0 N–H and O–H groups in total. The van der Waals surface area contributed by atoms with Gasteiger partial charge in [-0.2, -0.15) is 0 Å². The van der Waals surface area contributed by atoms with Crippen LogP contribution >= 0.6 is 0 Å². The third kappa shape index (κ3) is 3.52. The van der Waals surface area contributed by atoms with E-state index in [1.165, 1.54) is 13.3 Å². The first-order valence-corrected chi connectivity index (χ1v) is 7.82. The number of carbonyl (C=O) groups excluding carboxylic acids is 2. The zero-order chi connectivity index (χ0) is 16.9. The smallest absolute Gasteiger partial charge is 0.339 e. The standard InChI is InChI=1S/C17H23NO5/c1-4-23-15(19)12-5-6-14(18-11-12)17(16(20)22-3)9-7-13(21-2)8-10-17/h5-6,11,13H,4,7-10H2,1-3H3. The normalized spacial score (nSPS) is 24.0. The first kappa shape index (κ1) is 17.4. The van der Waals surface area contributed by atoms with Crippen LogP contribution in [0.4, 0.5) is 0 Å². The Hall–Kier alpha value is -1.95. The molecule has 0 aromatic carbocycles. The molecule has 1 saturated carbocycles. The molecule has 0 amide bonds. The highest BCUT2D eigenvalue weighted by Gasteiger charge is 2.45. The summed E-state index contributed by atoms with van der Waals surface area (Å²) in [6.45, 7) is 2.06. The fourth-order valence-electron chi connectivity index (χ4n) is 3.09. The molecule has 6 heteroatoms. The highest BCUT2D eigenvalue weighted by molar-refractivity contribution is 5.89. The van der Waals surface area contributed by atoms with Crippen molar-refractivity contribution in [3.8, 4) is 0 Å². The summed E-state index contributed by atoms with van der Waals surface area (Å²) >= 11 is 0. The summed E-state index contributed by atoms with van der Waals surface area (Å²) in [5, 5.41) is 0. The Morgan fingerprint density at radius 2 is 1.96 bits per heavy atom. The van der Waals surface area contributed by atoms with Gasteiger partial charge in [0.05, 0.1) is 31.1 Å². The van der Waals surface area contributed by atoms with E-state index in [0.717, 1.165) is 12.8 Å². The molecular weight excluding hydrogens is 298 g/mol. The van der Waals surface area contributed by atoms with Gasteiger partial charge in [-0.1, -0.05) is 0 Å². The molecule has 23 heavy (non-hydrogen) atoms. The van der Waals surface area contributed by atoms with Gasteiger partial charge in [-0.15, -0.1) is 0 Å². The van der Waals surface area contributed by atoms with Crippen molar-refractivity contribution in [2.75, 3.05) is 20.8 Å². The van der Waals surface area contributed by atoms with Crippen molar-refractivity contribution >= 4 is 11.9 Å². The highest BCUT2D eigenvalue weighted by Crippen LogP contribution is 2.40. The SMILES string of the molecule is CCOC(=O)c1ccc(C2(C(=O)OC)CCC(OC)CC2)nc1. The molecule has 1 heterocycles. The minimum absolute atomic E-state index is 0.159. The molecule has 0 atom stereocenters. The fourth-order valence-corrected chi connectivity index (χ4v) is 3.09. The molecule has 2 rings (SSSR count). The molecule has 1 aromatic rings. The van der Waals surface area contributed by atoms with Gasteiger partial charge in [0, 0.05) is 13.3 Å². The maximum Gasteiger partial charge on any atom is 0.339 e. The van der Waals surface area contributed by atoms with Gasteiger partial charge in [-0.3, -0.25) is 9.78 Å². The van der Waals surface area contributed by atoms with Crippen LogP contribution in [0.3, 0.4) is 0 Å². The molecule has 0 aliphatic heterocycles. The van der Waals surface area contributed by atoms with Crippen LogP contribution in [0, 0.1) is 0 Å². The van der Waals surface area contributed by atoms with Crippen LogP contribution in [-0.2, 0) is 24.4 Å². The summed E-state index contributed by atoms with van der Waals surface area (Å²) in [5.74, 6) is -0.704. The largest absolute Gasteiger partial charge is 0.468 e. The van der Waals surface area contributed by atoms with Gasteiger partial charge in [0.15, 0.2) is 0 Å². The average molecular weight is 321 g/mol. The van der Waals surface area contributed by atoms with E-state index in [0.29, 0.717) is 30.7 Å². The average Bonchev–Trinajstić information content (AvgIpc) is 2.61. The van der Waals surface area contributed by atoms with Crippen LogP contribution in [0.1, 0.15) is 48.7 Å². The summed E-state index contributed by atoms with van der Waals surface area (Å²) in [5.41, 5.74) is 0.241. The monoisotopic (exact) mass is 321 g/mol. The van der Waals surface area contributed by atoms with Gasteiger partial charge < -0.3 is 14.2 Å². The molecule has 0 spiro atoms. The van der Waals surface area contributed by atoms with E-state index in [1.807, 2.05) is 0 Å². The maximum absolute atomic E-state index is 12.4. The van der Waals surface area contributed by atoms with Crippen LogP contribution in [0.2, 0.25) is 0 Å². The summed E-state index contributed by atoms with van der Waals surface area (Å²) in [6, 6.07) is 3.36. The lowest BCUT2D eigenvalue weighted by atomic mass is 9.70. The molecular formula is C17H23NO5. The summed E-state index contributed by atoms with van der Waals surface area (Å²) in [7, 11) is 3.07. The number of pyridine rings is 1. The second kappa shape index (κ2) is 7.55. The van der Waals surface area contributed by atoms with Crippen molar-refractivity contribution in [2.45, 2.75) is 44.1 Å². The van der Waals surface area contributed by atoms with Gasteiger partial charge in [0.2, 0.25) is 0 Å². The molecule has 0 radical (unpaired) electrons. The number of aromatic nitrogens is 1. The van der Waals surface area contributed by atoms with Gasteiger partial charge in [-0.25, -0.2) is 4.79 Å². The number of esters is 2. The van der Waals surface area contributed by atoms with E-state index in [1.54, 1.807) is 26.2 Å². The molecule has 1 aliphatic carbocycles. The Balaban J connectivity index is 2.27. The van der Waals surface area contributed by atoms with Crippen LogP contribution < -0.4 is 0 Å². The van der Waals surface area contributed by atoms with Crippen molar-refractivity contribution in [3.05, 3.63) is 29.6 Å². The minimum Gasteiger partial charge on any atom is -0.468 e. The topological polar surface area (TPSA) is 74.7 Å². The second-order valence-electron chi connectivity index (χ2n) is 5.66. The van der Waals surface area contributed by atoms with Gasteiger partial charge in [0.1, 0.15) is 5.41 Å². The molecule has 0 unspecified atom stereocenters. The van der Waals surface area contributed by atoms with Gasteiger partial charge in [-0.05, 0) is 44.7 Å². The zero-order valence-electron chi connectivity index (χ0n) is 13.8. The van der Waals surface area contributed by atoms with E-state index >= 15 is 0 Å². The predicted octanol–water partition coefficient (Wildman–Crippen LogP) is 2.26. The van der Waals surface area contributed by atoms with Crippen molar-refractivity contribution in [1.29, 1.82) is 0 Å². The lowest BCUT2D eigenvalue weighted by molar-refractivity contribution is -0.150. The lowest BCUT2D eigenvalue weighted by Crippen LogP contribution is -2.42. The van der Waals surface area contributed by atoms with Gasteiger partial charge >= 0.3 is 11.9 Å². The Labute approximate surface area is 136 Å². The number of methoxy groups -OCH3 is 2. The van der Waals surface area contributed by atoms with Crippen molar-refractivity contribution in [3.63, 3.8) is 0 Å². The molecule has 1 fully saturated rings. The number of nitrogens with zero attached hydrogens (tertiary/aromatic N) is 1. The number of hydrogen-bond donors (Lipinski definition) is 0. The third-order valence-corrected chi connectivity index (χ3v) is 4.46. The summed E-state index contributed by atoms with van der Waals surface area (Å²) < 4.78 is 15.3. The van der Waals surface area contributed by atoms with Crippen LogP contribution in [0.5, 0.6) is 0 Å². The molecule has 6 nitrogen and oxygen atoms in total. The third-order valence-electron chi connectivity index (χ3n) is 4.46. The summed E-state index contributed by atoms with van der Waals surface area (Å²) in [4.78, 5) is 28.5. The fraction of sp³-hybridized carbons (Fsp3) is 0.588. The maximum atomic E-state index is 12.4. The Bertz CT molecular complexity index is 547. The Morgan fingerprint density at radius 3 is 2.43 bits per heavy atom. The number of hydrogen-bond acceptors (Lipinski definition) is 6. The van der Waals surface area contributed by atoms with Crippen LogP contribution in [-0.4, -0.2) is 43.9 Å². The van der Waals surface area contributed by atoms with Gasteiger partial charge in [0.25, 0.3) is 0 Å². The molecule has 126 valence electrons. The molecule has 1 aromatic heterocycles. The van der Waals surface area contributed by atoms with E-state index in [2.05, 4.69) is 4.98 Å². The number of ether oxygens (including phenoxy) is 3. The van der Waals surface area contributed by atoms with Crippen LogP contribution in [0.25, 0.3) is 0 Å². The second-order valence-corrected chi connectivity index (χ2v) is 5.66. The lowest BCUT2D eigenvalue weighted by Gasteiger charge is -2.36. The first-order valence-electron chi connectivity index (χ1n) is 7.82. The highest BCUT2D eigenvalue weighted by atomic mass is 16.5. The minimum atomic E-state index is -0.767. The van der Waals surface area contributed by atoms with E-state index in [4.69, 9.17) is 14.2 Å². The summed E-state index contributed by atoms with van der Waals surface area (Å²) in [6.07, 6.45) is 4.39. The first-order chi connectivity index (χ1) is 11.1. The van der Waals surface area contributed by atoms with E-state index in [-0.39, 0.29) is 12.1 Å². The molecule has 1 aliphatic rings. The van der Waals surface area contributed by atoms with E-state index in [9.17, 15) is 9.59 Å². The van der Waals surface area contributed by atoms with Crippen molar-refractivity contribution in [1.82, 2.24) is 4.98 Å². The zero-order valence-corrected chi connectivity index (χ0v) is 13.8. The predicted molar refractivity (Wildman–Crippen MR) is 83.2 cm³/mol. The quantitative estimate of drug-likeness (QED) is 0.774. The van der Waals surface area contributed by atoms with Crippen LogP contribution in [0.15, 0.2) is 18.3 Å². The Morgan fingerprint density at radius 1 is 1.26 bits per heavy atom. The number of carbonyl (C=O) groups is 2. The molecule has 0 saturated heterocycles. The Kier molecular flexibility index (Phi) is 5.71. The van der Waals surface area contributed by atoms with E-state index < -0.39 is 11.4 Å².